The lowest BCUT2D eigenvalue weighted by Gasteiger charge is -2.35. The van der Waals surface area contributed by atoms with Gasteiger partial charge in [-0.15, -0.1) is 0 Å². The molecule has 0 aliphatic carbocycles. The smallest absolute Gasteiger partial charge is 0.225 e. The third-order valence-corrected chi connectivity index (χ3v) is 4.33. The number of aromatic nitrogens is 2. The molecule has 1 aromatic rings. The Labute approximate surface area is 110 Å². The Kier molecular flexibility index (Phi) is 3.97. The van der Waals surface area contributed by atoms with Crippen molar-refractivity contribution in [2.75, 3.05) is 25.1 Å². The molecule has 0 unspecified atom stereocenters. The van der Waals surface area contributed by atoms with Crippen LogP contribution in [0.1, 0.15) is 6.42 Å². The van der Waals surface area contributed by atoms with Gasteiger partial charge in [0.2, 0.25) is 16.0 Å². The molecule has 19 heavy (non-hydrogen) atoms. The monoisotopic (exact) mass is 290 g/mol. The van der Waals surface area contributed by atoms with Crippen LogP contribution in [0.2, 0.25) is 0 Å². The Balaban J connectivity index is 2.22. The van der Waals surface area contributed by atoms with Gasteiger partial charge in [-0.05, 0) is 6.42 Å². The van der Waals surface area contributed by atoms with E-state index in [-0.39, 0.29) is 18.6 Å². The van der Waals surface area contributed by atoms with Crippen molar-refractivity contribution in [3.05, 3.63) is 18.2 Å². The summed E-state index contributed by atoms with van der Waals surface area (Å²) in [6.45, 7) is 0.610. The Morgan fingerprint density at radius 2 is 2.05 bits per heavy atom. The first-order chi connectivity index (χ1) is 8.90. The minimum Gasteiger partial charge on any atom is -0.380 e. The molecule has 0 radical (unpaired) electrons. The minimum absolute atomic E-state index is 0.171. The van der Waals surface area contributed by atoms with Crippen molar-refractivity contribution in [2.45, 2.75) is 17.8 Å². The summed E-state index contributed by atoms with van der Waals surface area (Å²) in [5, 5.41) is 4.43. The third-order valence-electron chi connectivity index (χ3n) is 3.06. The summed E-state index contributed by atoms with van der Waals surface area (Å²) < 4.78 is 40.9. The molecule has 0 amide bonds. The fourth-order valence-electron chi connectivity index (χ4n) is 2.05. The second-order valence-corrected chi connectivity index (χ2v) is 6.26. The summed E-state index contributed by atoms with van der Waals surface area (Å²) >= 11 is 0. The number of hydrogen-bond acceptors (Lipinski definition) is 6. The van der Waals surface area contributed by atoms with Gasteiger partial charge in [-0.25, -0.2) is 27.9 Å². The van der Waals surface area contributed by atoms with E-state index in [1.165, 1.54) is 7.11 Å². The van der Waals surface area contributed by atoms with Gasteiger partial charge in [0.05, 0.1) is 23.7 Å². The lowest BCUT2D eigenvalue weighted by molar-refractivity contribution is 0.0898. The summed E-state index contributed by atoms with van der Waals surface area (Å²) in [5.41, 5.74) is 0. The van der Waals surface area contributed by atoms with Crippen LogP contribution in [0, 0.1) is 5.82 Å². The molecule has 2 N–H and O–H groups in total. The van der Waals surface area contributed by atoms with Crippen LogP contribution in [0.4, 0.5) is 10.3 Å². The summed E-state index contributed by atoms with van der Waals surface area (Å²) in [4.78, 5) is 9.30. The molecule has 1 aromatic heterocycles. The number of piperidine rings is 1. The molecule has 0 saturated carbocycles. The topological polar surface area (TPSA) is 98.4 Å². The summed E-state index contributed by atoms with van der Waals surface area (Å²) in [5.74, 6) is -0.288. The second kappa shape index (κ2) is 5.35. The highest BCUT2D eigenvalue weighted by atomic mass is 32.2. The maximum atomic E-state index is 12.8. The van der Waals surface area contributed by atoms with E-state index < -0.39 is 21.1 Å². The molecule has 0 bridgehead atoms. The molecule has 2 atom stereocenters. The van der Waals surface area contributed by atoms with Gasteiger partial charge in [-0.1, -0.05) is 0 Å². The standard InChI is InChI=1S/C10H15FN4O3S/c1-18-8-2-9(19(12,16)17)6-15(5-8)10-13-3-7(11)4-14-10/h3-4,8-9H,2,5-6H2,1H3,(H2,12,16,17)/t8-,9-/m1/s1. The third kappa shape index (κ3) is 3.37. The van der Waals surface area contributed by atoms with Crippen LogP contribution >= 0.6 is 0 Å². The van der Waals surface area contributed by atoms with E-state index in [9.17, 15) is 12.8 Å². The first-order valence-corrected chi connectivity index (χ1v) is 7.28. The number of primary sulfonamides is 1. The first-order valence-electron chi connectivity index (χ1n) is 5.67. The number of rotatable bonds is 3. The molecule has 9 heteroatoms. The Morgan fingerprint density at radius 1 is 1.42 bits per heavy atom. The predicted molar refractivity (Wildman–Crippen MR) is 66.5 cm³/mol. The fraction of sp³-hybridized carbons (Fsp3) is 0.600. The zero-order chi connectivity index (χ0) is 14.0. The number of hydrogen-bond donors (Lipinski definition) is 1. The zero-order valence-corrected chi connectivity index (χ0v) is 11.2. The quantitative estimate of drug-likeness (QED) is 0.805. The van der Waals surface area contributed by atoms with E-state index in [0.717, 1.165) is 12.4 Å². The summed E-state index contributed by atoms with van der Waals surface area (Å²) in [7, 11) is -2.17. The molecule has 106 valence electrons. The van der Waals surface area contributed by atoms with Crippen molar-refractivity contribution in [3.63, 3.8) is 0 Å². The van der Waals surface area contributed by atoms with Gasteiger partial charge >= 0.3 is 0 Å². The van der Waals surface area contributed by atoms with Crippen molar-refractivity contribution < 1.29 is 17.5 Å². The van der Waals surface area contributed by atoms with Gasteiger partial charge in [-0.2, -0.15) is 0 Å². The highest BCUT2D eigenvalue weighted by Crippen LogP contribution is 2.21. The average molecular weight is 290 g/mol. The van der Waals surface area contributed by atoms with E-state index >= 15 is 0 Å². The van der Waals surface area contributed by atoms with Crippen LogP contribution < -0.4 is 10.0 Å². The van der Waals surface area contributed by atoms with E-state index in [1.807, 2.05) is 0 Å². The van der Waals surface area contributed by atoms with E-state index in [0.29, 0.717) is 13.0 Å². The molecular weight excluding hydrogens is 275 g/mol. The van der Waals surface area contributed by atoms with Crippen LogP contribution in [0.5, 0.6) is 0 Å². The average Bonchev–Trinajstić information content (AvgIpc) is 2.38. The van der Waals surface area contributed by atoms with Crippen LogP contribution in [-0.4, -0.2) is 49.9 Å². The van der Waals surface area contributed by atoms with E-state index in [1.54, 1.807) is 4.90 Å². The van der Waals surface area contributed by atoms with Gasteiger partial charge in [0.25, 0.3) is 0 Å². The fourth-order valence-corrected chi connectivity index (χ4v) is 2.92. The number of halogens is 1. The number of ether oxygens (including phenoxy) is 1. The van der Waals surface area contributed by atoms with Gasteiger partial charge < -0.3 is 9.64 Å². The van der Waals surface area contributed by atoms with Crippen molar-refractivity contribution >= 4 is 16.0 Å². The summed E-state index contributed by atoms with van der Waals surface area (Å²) in [6.07, 6.45) is 2.10. The molecule has 0 aromatic carbocycles. The molecule has 7 nitrogen and oxygen atoms in total. The van der Waals surface area contributed by atoms with Crippen LogP contribution in [0.15, 0.2) is 12.4 Å². The van der Waals surface area contributed by atoms with Crippen molar-refractivity contribution in [1.82, 2.24) is 9.97 Å². The molecule has 1 saturated heterocycles. The van der Waals surface area contributed by atoms with Gasteiger partial charge in [-0.3, -0.25) is 0 Å². The molecule has 2 rings (SSSR count). The van der Waals surface area contributed by atoms with Crippen molar-refractivity contribution in [2.24, 2.45) is 5.14 Å². The number of nitrogens with two attached hydrogens (primary N) is 1. The molecular formula is C10H15FN4O3S. The highest BCUT2D eigenvalue weighted by molar-refractivity contribution is 7.89. The lowest BCUT2D eigenvalue weighted by atomic mass is 10.1. The Hall–Kier alpha value is -1.32. The second-order valence-electron chi connectivity index (χ2n) is 4.41. The van der Waals surface area contributed by atoms with E-state index in [4.69, 9.17) is 9.88 Å². The van der Waals surface area contributed by atoms with Gasteiger partial charge in [0.15, 0.2) is 5.82 Å². The molecule has 2 heterocycles. The number of sulfonamides is 1. The van der Waals surface area contributed by atoms with Crippen LogP contribution in [0.3, 0.4) is 0 Å². The largest absolute Gasteiger partial charge is 0.380 e. The molecule has 0 spiro atoms. The van der Waals surface area contributed by atoms with Gasteiger partial charge in [0.1, 0.15) is 0 Å². The SMILES string of the molecule is CO[C@@H]1C[C@@H](S(N)(=O)=O)CN(c2ncc(F)cn2)C1. The van der Waals surface area contributed by atoms with Crippen LogP contribution in [0.25, 0.3) is 0 Å². The minimum atomic E-state index is -3.67. The Morgan fingerprint density at radius 3 is 2.58 bits per heavy atom. The normalized spacial score (nSPS) is 24.5. The number of methoxy groups -OCH3 is 1. The van der Waals surface area contributed by atoms with Crippen LogP contribution in [-0.2, 0) is 14.8 Å². The molecule has 1 aliphatic rings. The Bertz CT molecular complexity index is 536. The lowest BCUT2D eigenvalue weighted by Crippen LogP contribution is -2.51. The molecule has 1 aliphatic heterocycles. The predicted octanol–water partition coefficient (Wildman–Crippen LogP) is -0.502. The first kappa shape index (κ1) is 14.1. The summed E-state index contributed by atoms with van der Waals surface area (Å²) in [6, 6.07) is 0. The molecule has 1 fully saturated rings. The van der Waals surface area contributed by atoms with Gasteiger partial charge in [0, 0.05) is 20.2 Å². The number of anilines is 1. The van der Waals surface area contributed by atoms with Crippen molar-refractivity contribution in [3.8, 4) is 0 Å². The van der Waals surface area contributed by atoms with Crippen molar-refractivity contribution in [1.29, 1.82) is 0 Å². The maximum absolute atomic E-state index is 12.8. The highest BCUT2D eigenvalue weighted by Gasteiger charge is 2.34. The zero-order valence-electron chi connectivity index (χ0n) is 10.4. The maximum Gasteiger partial charge on any atom is 0.225 e. The van der Waals surface area contributed by atoms with E-state index in [2.05, 4.69) is 9.97 Å². The number of nitrogens with zero attached hydrogens (tertiary/aromatic N) is 3.